The third-order valence-corrected chi connectivity index (χ3v) is 13.9. The lowest BCUT2D eigenvalue weighted by atomic mass is 9.66. The summed E-state index contributed by atoms with van der Waals surface area (Å²) in [7, 11) is -2.24. The van der Waals surface area contributed by atoms with E-state index in [0.717, 1.165) is 22.3 Å². The molecule has 0 saturated heterocycles. The van der Waals surface area contributed by atoms with Crippen LogP contribution in [0.3, 0.4) is 0 Å². The molecule has 4 aromatic carbocycles. The lowest BCUT2D eigenvalue weighted by Crippen LogP contribution is -2.57. The molecule has 0 radical (unpaired) electrons. The van der Waals surface area contributed by atoms with Crippen molar-refractivity contribution in [2.24, 2.45) is 11.8 Å². The van der Waals surface area contributed by atoms with Crippen LogP contribution in [0.15, 0.2) is 121 Å². The van der Waals surface area contributed by atoms with Gasteiger partial charge in [-0.2, -0.15) is 0 Å². The van der Waals surface area contributed by atoms with Gasteiger partial charge in [-0.3, -0.25) is 0 Å². The molecular weight excluding hydrogens is 545 g/mol. The van der Waals surface area contributed by atoms with E-state index in [0.29, 0.717) is 11.8 Å². The van der Waals surface area contributed by atoms with Crippen molar-refractivity contribution in [1.82, 2.24) is 0 Å². The molecule has 4 heteroatoms. The van der Waals surface area contributed by atoms with Crippen molar-refractivity contribution in [3.63, 3.8) is 0 Å². The first-order chi connectivity index (χ1) is 20.0. The van der Waals surface area contributed by atoms with Crippen molar-refractivity contribution < 1.29 is 8.85 Å². The van der Waals surface area contributed by atoms with Gasteiger partial charge in [-0.05, 0) is 44.2 Å². The van der Waals surface area contributed by atoms with Gasteiger partial charge in [0.05, 0.1) is 0 Å². The van der Waals surface area contributed by atoms with Crippen molar-refractivity contribution in [3.05, 3.63) is 144 Å². The lowest BCUT2D eigenvalue weighted by molar-refractivity contribution is -0.0810. The summed E-state index contributed by atoms with van der Waals surface area (Å²) >= 11 is 0. The van der Waals surface area contributed by atoms with Crippen LogP contribution < -0.4 is 0 Å². The second-order valence-electron chi connectivity index (χ2n) is 13.7. The van der Waals surface area contributed by atoms with E-state index in [4.69, 9.17) is 8.85 Å². The Kier molecular flexibility index (Phi) is 10.1. The Balaban J connectivity index is 2.18. The molecule has 0 unspecified atom stereocenters. The van der Waals surface area contributed by atoms with Crippen molar-refractivity contribution in [3.8, 4) is 0 Å². The van der Waals surface area contributed by atoms with Gasteiger partial charge in [-0.1, -0.05) is 177 Å². The molecule has 0 amide bonds. The standard InChI is InChI=1S/C38H50O2Si2/c1-29(2)35(5,6)41-39-37(31-21-13-9-14-22-31,32-23-15-10-16-24-32)38(33-25-17-11-18-26-33,34-27-19-12-20-28-34)40-42-36(7,8)30(3)4/h9-30H,41-42H2,1-8H3. The second kappa shape index (κ2) is 13.3. The van der Waals surface area contributed by atoms with Gasteiger partial charge < -0.3 is 8.85 Å². The monoisotopic (exact) mass is 594 g/mol. The molecule has 0 spiro atoms. The summed E-state index contributed by atoms with van der Waals surface area (Å²) in [5, 5.41) is 0.144. The van der Waals surface area contributed by atoms with Gasteiger partial charge in [0.15, 0.2) is 19.5 Å². The van der Waals surface area contributed by atoms with Crippen LogP contribution in [0.1, 0.15) is 77.6 Å². The van der Waals surface area contributed by atoms with Crippen LogP contribution in [0.2, 0.25) is 10.1 Å². The van der Waals surface area contributed by atoms with Gasteiger partial charge in [0.1, 0.15) is 11.2 Å². The molecule has 4 aromatic rings. The van der Waals surface area contributed by atoms with Gasteiger partial charge in [0.25, 0.3) is 0 Å². The topological polar surface area (TPSA) is 18.5 Å². The largest absolute Gasteiger partial charge is 0.407 e. The van der Waals surface area contributed by atoms with Crippen molar-refractivity contribution in [2.75, 3.05) is 0 Å². The maximum Gasteiger partial charge on any atom is 0.169 e. The number of rotatable bonds is 13. The summed E-state index contributed by atoms with van der Waals surface area (Å²) in [6.45, 7) is 18.8. The van der Waals surface area contributed by atoms with Crippen LogP contribution >= 0.6 is 0 Å². The average Bonchev–Trinajstić information content (AvgIpc) is 3.00. The Morgan fingerprint density at radius 1 is 0.405 bits per heavy atom. The SMILES string of the molecule is CC(C)C(C)(C)[SiH2]OC(c1ccccc1)(c1ccccc1)C(O[SiH2]C(C)(C)C(C)C)(c1ccccc1)c1ccccc1. The summed E-state index contributed by atoms with van der Waals surface area (Å²) in [6.07, 6.45) is 0. The van der Waals surface area contributed by atoms with Crippen molar-refractivity contribution in [2.45, 2.75) is 76.7 Å². The molecule has 4 rings (SSSR count). The zero-order valence-electron chi connectivity index (χ0n) is 26.9. The molecule has 2 nitrogen and oxygen atoms in total. The normalized spacial score (nSPS) is 13.7. The van der Waals surface area contributed by atoms with Gasteiger partial charge in [-0.15, -0.1) is 0 Å². The molecule has 0 atom stereocenters. The minimum atomic E-state index is -1.12. The Morgan fingerprint density at radius 3 is 0.810 bits per heavy atom. The van der Waals surface area contributed by atoms with E-state index in [1.54, 1.807) is 0 Å². The fourth-order valence-electron chi connectivity index (χ4n) is 5.30. The number of hydrogen-bond acceptors (Lipinski definition) is 2. The fourth-order valence-corrected chi connectivity index (χ4v) is 8.21. The van der Waals surface area contributed by atoms with Crippen molar-refractivity contribution in [1.29, 1.82) is 0 Å². The molecule has 0 bridgehead atoms. The highest BCUT2D eigenvalue weighted by Crippen LogP contribution is 2.56. The lowest BCUT2D eigenvalue weighted by Gasteiger charge is -2.54. The van der Waals surface area contributed by atoms with E-state index in [2.05, 4.69) is 177 Å². The first-order valence-corrected chi connectivity index (χ1v) is 18.0. The van der Waals surface area contributed by atoms with E-state index in [1.165, 1.54) is 0 Å². The first kappa shape index (κ1) is 32.2. The molecule has 0 saturated carbocycles. The van der Waals surface area contributed by atoms with Gasteiger partial charge >= 0.3 is 0 Å². The highest BCUT2D eigenvalue weighted by molar-refractivity contribution is 6.33. The second-order valence-corrected chi connectivity index (χ2v) is 18.5. The summed E-state index contributed by atoms with van der Waals surface area (Å²) in [5.74, 6) is 0.984. The minimum Gasteiger partial charge on any atom is -0.407 e. The van der Waals surface area contributed by atoms with Crippen LogP contribution in [-0.2, 0) is 20.1 Å². The quantitative estimate of drug-likeness (QED) is 0.144. The molecular formula is C38H50O2Si2. The third-order valence-electron chi connectivity index (χ3n) is 9.66. The summed E-state index contributed by atoms with van der Waals surface area (Å²) in [6, 6.07) is 43.4. The molecule has 0 N–H and O–H groups in total. The van der Waals surface area contributed by atoms with Crippen LogP contribution in [0.4, 0.5) is 0 Å². The Hall–Kier alpha value is -2.77. The molecule has 42 heavy (non-hydrogen) atoms. The highest BCUT2D eigenvalue weighted by atomic mass is 28.2. The zero-order valence-corrected chi connectivity index (χ0v) is 29.8. The predicted octanol–water partition coefficient (Wildman–Crippen LogP) is 8.78. The van der Waals surface area contributed by atoms with E-state index in [9.17, 15) is 0 Å². The molecule has 222 valence electrons. The third kappa shape index (κ3) is 6.28. The summed E-state index contributed by atoms with van der Waals surface area (Å²) in [4.78, 5) is 0. The Labute approximate surface area is 259 Å². The summed E-state index contributed by atoms with van der Waals surface area (Å²) < 4.78 is 15.5. The maximum atomic E-state index is 7.76. The molecule has 0 aliphatic heterocycles. The highest BCUT2D eigenvalue weighted by Gasteiger charge is 2.58. The van der Waals surface area contributed by atoms with Crippen LogP contribution in [-0.4, -0.2) is 19.5 Å². The summed E-state index contributed by atoms with van der Waals surface area (Å²) in [5.41, 5.74) is 2.63. The molecule has 0 fully saturated rings. The number of benzene rings is 4. The van der Waals surface area contributed by atoms with E-state index < -0.39 is 30.7 Å². The van der Waals surface area contributed by atoms with Crippen LogP contribution in [0.5, 0.6) is 0 Å². The molecule has 0 aliphatic carbocycles. The van der Waals surface area contributed by atoms with Crippen LogP contribution in [0.25, 0.3) is 0 Å². The average molecular weight is 595 g/mol. The van der Waals surface area contributed by atoms with E-state index in [1.807, 2.05) is 0 Å². The Bertz CT molecular complexity index is 1180. The van der Waals surface area contributed by atoms with Gasteiger partial charge in [0.2, 0.25) is 0 Å². The molecule has 0 aliphatic rings. The molecule has 0 aromatic heterocycles. The van der Waals surface area contributed by atoms with E-state index >= 15 is 0 Å². The van der Waals surface area contributed by atoms with E-state index in [-0.39, 0.29) is 10.1 Å². The smallest absolute Gasteiger partial charge is 0.169 e. The van der Waals surface area contributed by atoms with Gasteiger partial charge in [0, 0.05) is 0 Å². The van der Waals surface area contributed by atoms with Gasteiger partial charge in [-0.25, -0.2) is 0 Å². The predicted molar refractivity (Wildman–Crippen MR) is 184 cm³/mol. The number of hydrogen-bond donors (Lipinski definition) is 0. The van der Waals surface area contributed by atoms with Crippen LogP contribution in [0, 0.1) is 11.8 Å². The maximum absolute atomic E-state index is 7.76. The Morgan fingerprint density at radius 2 is 0.619 bits per heavy atom. The van der Waals surface area contributed by atoms with Crippen molar-refractivity contribution >= 4 is 19.5 Å². The minimum absolute atomic E-state index is 0.0720. The first-order valence-electron chi connectivity index (χ1n) is 15.5. The zero-order chi connectivity index (χ0) is 30.4. The fraction of sp³-hybridized carbons (Fsp3) is 0.368. The molecule has 0 heterocycles.